The Balaban J connectivity index is 2.04. The molecular formula is C15H22O4S. The minimum absolute atomic E-state index is 0.483. The van der Waals surface area contributed by atoms with E-state index in [4.69, 9.17) is 4.74 Å². The van der Waals surface area contributed by atoms with Gasteiger partial charge < -0.3 is 9.84 Å². The number of aryl methyl sites for hydroxylation is 1. The van der Waals surface area contributed by atoms with Crippen molar-refractivity contribution < 1.29 is 18.3 Å². The number of sulfone groups is 1. The molecule has 0 radical (unpaired) electrons. The van der Waals surface area contributed by atoms with Crippen LogP contribution in [0.15, 0.2) is 24.3 Å². The summed E-state index contributed by atoms with van der Waals surface area (Å²) in [6, 6.07) is 7.66. The highest BCUT2D eigenvalue weighted by molar-refractivity contribution is 7.91. The highest BCUT2D eigenvalue weighted by Gasteiger charge is 2.46. The maximum Gasteiger partial charge on any atom is 0.153 e. The second-order valence-electron chi connectivity index (χ2n) is 5.66. The van der Waals surface area contributed by atoms with E-state index in [-0.39, 0.29) is 0 Å². The first-order valence-electron chi connectivity index (χ1n) is 6.89. The number of benzene rings is 1. The van der Waals surface area contributed by atoms with E-state index in [0.717, 1.165) is 17.7 Å². The molecule has 1 aromatic carbocycles. The van der Waals surface area contributed by atoms with Crippen molar-refractivity contribution in [2.45, 2.75) is 43.0 Å². The lowest BCUT2D eigenvalue weighted by molar-refractivity contribution is 0.0422. The number of methoxy groups -OCH3 is 1. The first-order valence-corrected chi connectivity index (χ1v) is 8.85. The van der Waals surface area contributed by atoms with Crippen LogP contribution in [0, 0.1) is 0 Å². The van der Waals surface area contributed by atoms with Crippen molar-refractivity contribution in [3.8, 4) is 5.75 Å². The standard InChI is InChI=1S/C15H22O4S/c1-19-13-7-5-12(6-8-13)9-11-15(16)10-3-4-14(15)20(2,17)18/h5-8,14,16H,3-4,9-11H2,1-2H3. The summed E-state index contributed by atoms with van der Waals surface area (Å²) in [6.07, 6.45) is 4.29. The van der Waals surface area contributed by atoms with Crippen molar-refractivity contribution in [3.05, 3.63) is 29.8 Å². The summed E-state index contributed by atoms with van der Waals surface area (Å²) in [6.45, 7) is 0. The van der Waals surface area contributed by atoms with Gasteiger partial charge in [0, 0.05) is 6.26 Å². The van der Waals surface area contributed by atoms with Gasteiger partial charge in [-0.3, -0.25) is 0 Å². The average Bonchev–Trinajstić information content (AvgIpc) is 2.80. The quantitative estimate of drug-likeness (QED) is 0.902. The van der Waals surface area contributed by atoms with E-state index in [9.17, 15) is 13.5 Å². The third kappa shape index (κ3) is 3.33. The molecule has 5 heteroatoms. The second-order valence-corrected chi connectivity index (χ2v) is 7.89. The summed E-state index contributed by atoms with van der Waals surface area (Å²) in [4.78, 5) is 0. The van der Waals surface area contributed by atoms with Crippen molar-refractivity contribution in [3.63, 3.8) is 0 Å². The van der Waals surface area contributed by atoms with E-state index in [1.165, 1.54) is 6.26 Å². The lowest BCUT2D eigenvalue weighted by Crippen LogP contribution is -2.42. The predicted octanol–water partition coefficient (Wildman–Crippen LogP) is 1.96. The Bertz CT molecular complexity index is 550. The molecule has 1 saturated carbocycles. The van der Waals surface area contributed by atoms with Crippen molar-refractivity contribution in [1.82, 2.24) is 0 Å². The molecular weight excluding hydrogens is 276 g/mol. The molecule has 0 aromatic heterocycles. The van der Waals surface area contributed by atoms with E-state index in [1.54, 1.807) is 7.11 Å². The maximum atomic E-state index is 11.8. The van der Waals surface area contributed by atoms with Crippen LogP contribution in [-0.2, 0) is 16.3 Å². The van der Waals surface area contributed by atoms with Crippen molar-refractivity contribution in [2.24, 2.45) is 0 Å². The van der Waals surface area contributed by atoms with Crippen LogP contribution in [0.5, 0.6) is 5.75 Å². The molecule has 2 unspecified atom stereocenters. The molecule has 1 aliphatic carbocycles. The van der Waals surface area contributed by atoms with Gasteiger partial charge in [0.25, 0.3) is 0 Å². The Morgan fingerprint density at radius 2 is 2.00 bits per heavy atom. The van der Waals surface area contributed by atoms with Crippen LogP contribution < -0.4 is 4.74 Å². The normalized spacial score (nSPS) is 26.6. The van der Waals surface area contributed by atoms with E-state index in [2.05, 4.69) is 0 Å². The molecule has 0 aliphatic heterocycles. The smallest absolute Gasteiger partial charge is 0.153 e. The summed E-state index contributed by atoms with van der Waals surface area (Å²) in [5.74, 6) is 0.794. The molecule has 4 nitrogen and oxygen atoms in total. The Morgan fingerprint density at radius 1 is 1.35 bits per heavy atom. The first-order chi connectivity index (χ1) is 9.35. The van der Waals surface area contributed by atoms with Crippen LogP contribution in [0.3, 0.4) is 0 Å². The third-order valence-electron chi connectivity index (χ3n) is 4.20. The van der Waals surface area contributed by atoms with Crippen molar-refractivity contribution >= 4 is 9.84 Å². The van der Waals surface area contributed by atoms with Crippen LogP contribution in [-0.4, -0.2) is 37.7 Å². The topological polar surface area (TPSA) is 63.6 Å². The molecule has 1 fully saturated rings. The Kier molecular flexibility index (Phi) is 4.39. The van der Waals surface area contributed by atoms with E-state index < -0.39 is 20.7 Å². The number of rotatable bonds is 5. The van der Waals surface area contributed by atoms with Gasteiger partial charge in [0.05, 0.1) is 18.0 Å². The molecule has 2 atom stereocenters. The molecule has 1 aromatic rings. The van der Waals surface area contributed by atoms with E-state index >= 15 is 0 Å². The highest BCUT2D eigenvalue weighted by Crippen LogP contribution is 2.38. The Hall–Kier alpha value is -1.07. The summed E-state index contributed by atoms with van der Waals surface area (Å²) >= 11 is 0. The van der Waals surface area contributed by atoms with Gasteiger partial charge in [-0.2, -0.15) is 0 Å². The minimum Gasteiger partial charge on any atom is -0.497 e. The van der Waals surface area contributed by atoms with Gasteiger partial charge in [-0.25, -0.2) is 8.42 Å². The average molecular weight is 298 g/mol. The van der Waals surface area contributed by atoms with Crippen LogP contribution in [0.1, 0.15) is 31.2 Å². The number of aliphatic hydroxyl groups is 1. The SMILES string of the molecule is COc1ccc(CCC2(O)CCCC2S(C)(=O)=O)cc1. The molecule has 0 saturated heterocycles. The van der Waals surface area contributed by atoms with Gasteiger partial charge in [-0.05, 0) is 49.8 Å². The zero-order valence-corrected chi connectivity index (χ0v) is 12.8. The number of hydrogen-bond acceptors (Lipinski definition) is 4. The van der Waals surface area contributed by atoms with Crippen LogP contribution >= 0.6 is 0 Å². The number of ether oxygens (including phenoxy) is 1. The second kappa shape index (κ2) is 5.74. The van der Waals surface area contributed by atoms with Gasteiger partial charge in [0.1, 0.15) is 5.75 Å². The fourth-order valence-electron chi connectivity index (χ4n) is 3.07. The molecule has 1 N–H and O–H groups in total. The van der Waals surface area contributed by atoms with Gasteiger partial charge in [0.15, 0.2) is 9.84 Å². The van der Waals surface area contributed by atoms with Gasteiger partial charge in [-0.1, -0.05) is 12.1 Å². The fourth-order valence-corrected chi connectivity index (χ4v) is 4.70. The predicted molar refractivity (Wildman–Crippen MR) is 78.7 cm³/mol. The molecule has 0 heterocycles. The zero-order chi connectivity index (χ0) is 14.8. The van der Waals surface area contributed by atoms with Crippen LogP contribution in [0.4, 0.5) is 0 Å². The zero-order valence-electron chi connectivity index (χ0n) is 12.0. The minimum atomic E-state index is -3.20. The molecule has 2 rings (SSSR count). The third-order valence-corrected chi connectivity index (χ3v) is 5.91. The maximum absolute atomic E-state index is 11.8. The lowest BCUT2D eigenvalue weighted by atomic mass is 9.93. The lowest BCUT2D eigenvalue weighted by Gasteiger charge is -2.29. The molecule has 1 aliphatic rings. The monoisotopic (exact) mass is 298 g/mol. The highest BCUT2D eigenvalue weighted by atomic mass is 32.2. The van der Waals surface area contributed by atoms with Crippen LogP contribution in [0.25, 0.3) is 0 Å². The van der Waals surface area contributed by atoms with Gasteiger partial charge >= 0.3 is 0 Å². The van der Waals surface area contributed by atoms with Gasteiger partial charge in [0.2, 0.25) is 0 Å². The summed E-state index contributed by atoms with van der Waals surface area (Å²) in [5.41, 5.74) is 0.00595. The number of hydrogen-bond donors (Lipinski definition) is 1. The Labute approximate surface area is 120 Å². The fraction of sp³-hybridized carbons (Fsp3) is 0.600. The molecule has 0 spiro atoms. The Morgan fingerprint density at radius 3 is 2.55 bits per heavy atom. The molecule has 112 valence electrons. The van der Waals surface area contributed by atoms with Crippen molar-refractivity contribution in [1.29, 1.82) is 0 Å². The first kappa shape index (κ1) is 15.3. The van der Waals surface area contributed by atoms with E-state index in [1.807, 2.05) is 24.3 Å². The van der Waals surface area contributed by atoms with Crippen LogP contribution in [0.2, 0.25) is 0 Å². The molecule has 0 bridgehead atoms. The van der Waals surface area contributed by atoms with E-state index in [0.29, 0.717) is 25.7 Å². The van der Waals surface area contributed by atoms with Gasteiger partial charge in [-0.15, -0.1) is 0 Å². The molecule has 0 amide bonds. The summed E-state index contributed by atoms with van der Waals surface area (Å²) in [7, 11) is -1.58. The molecule has 20 heavy (non-hydrogen) atoms. The summed E-state index contributed by atoms with van der Waals surface area (Å²) in [5, 5.41) is 10.0. The van der Waals surface area contributed by atoms with Crippen molar-refractivity contribution in [2.75, 3.05) is 13.4 Å². The largest absolute Gasteiger partial charge is 0.497 e. The summed E-state index contributed by atoms with van der Waals surface area (Å²) < 4.78 is 28.6.